The summed E-state index contributed by atoms with van der Waals surface area (Å²) in [5, 5.41) is 9.96. The molecular formula is C17H31NO3. The normalized spacial score (nSPS) is 26.5. The van der Waals surface area contributed by atoms with Gasteiger partial charge in [-0.25, -0.2) is 0 Å². The fourth-order valence-corrected chi connectivity index (χ4v) is 3.85. The molecule has 0 bridgehead atoms. The van der Waals surface area contributed by atoms with E-state index in [0.29, 0.717) is 13.2 Å². The highest BCUT2D eigenvalue weighted by Crippen LogP contribution is 2.31. The lowest BCUT2D eigenvalue weighted by atomic mass is 9.83. The molecule has 0 amide bonds. The number of hydrogen-bond donors (Lipinski definition) is 1. The SMILES string of the molecule is O=C(O)C1(N2CCOCC2)CCCCCCCCCCC1. The number of carbonyl (C=O) groups is 1. The molecule has 0 aromatic heterocycles. The molecule has 0 radical (unpaired) electrons. The standard InChI is InChI=1S/C17H31NO3/c19-16(20)17(18-12-14-21-15-13-18)10-8-6-4-2-1-3-5-7-9-11-17/h1-15H2,(H,19,20). The molecule has 0 aromatic carbocycles. The van der Waals surface area contributed by atoms with E-state index in [9.17, 15) is 9.90 Å². The van der Waals surface area contributed by atoms with Gasteiger partial charge in [0.1, 0.15) is 5.54 Å². The molecule has 21 heavy (non-hydrogen) atoms. The van der Waals surface area contributed by atoms with Gasteiger partial charge in [-0.2, -0.15) is 0 Å². The van der Waals surface area contributed by atoms with Crippen LogP contribution < -0.4 is 0 Å². The number of ether oxygens (including phenoxy) is 1. The Labute approximate surface area is 128 Å². The molecule has 1 heterocycles. The van der Waals surface area contributed by atoms with Crippen LogP contribution in [0.3, 0.4) is 0 Å². The van der Waals surface area contributed by atoms with E-state index in [4.69, 9.17) is 4.74 Å². The van der Waals surface area contributed by atoms with Crippen molar-refractivity contribution in [3.63, 3.8) is 0 Å². The Hall–Kier alpha value is -0.610. The maximum absolute atomic E-state index is 12.1. The zero-order valence-corrected chi connectivity index (χ0v) is 13.3. The van der Waals surface area contributed by atoms with Gasteiger partial charge in [-0.1, -0.05) is 57.8 Å². The summed E-state index contributed by atoms with van der Waals surface area (Å²) in [6.07, 6.45) is 12.6. The van der Waals surface area contributed by atoms with Crippen LogP contribution in [0, 0.1) is 0 Å². The number of carboxylic acids is 1. The molecule has 2 rings (SSSR count). The second kappa shape index (κ2) is 8.74. The average molecular weight is 297 g/mol. The predicted molar refractivity (Wildman–Crippen MR) is 83.5 cm³/mol. The first-order chi connectivity index (χ1) is 10.3. The minimum Gasteiger partial charge on any atom is -0.480 e. The Morgan fingerprint density at radius 2 is 1.24 bits per heavy atom. The van der Waals surface area contributed by atoms with Gasteiger partial charge in [-0.3, -0.25) is 9.69 Å². The summed E-state index contributed by atoms with van der Waals surface area (Å²) in [5.74, 6) is -0.610. The Balaban J connectivity index is 2.06. The van der Waals surface area contributed by atoms with E-state index in [-0.39, 0.29) is 0 Å². The van der Waals surface area contributed by atoms with Crippen LogP contribution in [0.25, 0.3) is 0 Å². The largest absolute Gasteiger partial charge is 0.480 e. The predicted octanol–water partition coefficient (Wildman–Crippen LogP) is 3.45. The number of morpholine rings is 1. The van der Waals surface area contributed by atoms with Gasteiger partial charge in [0.2, 0.25) is 0 Å². The van der Waals surface area contributed by atoms with Gasteiger partial charge in [0.25, 0.3) is 0 Å². The van der Waals surface area contributed by atoms with Crippen LogP contribution in [0.2, 0.25) is 0 Å². The van der Waals surface area contributed by atoms with Gasteiger partial charge in [-0.15, -0.1) is 0 Å². The van der Waals surface area contributed by atoms with Crippen LogP contribution >= 0.6 is 0 Å². The topological polar surface area (TPSA) is 49.8 Å². The molecule has 1 saturated carbocycles. The lowest BCUT2D eigenvalue weighted by molar-refractivity contribution is -0.156. The Morgan fingerprint density at radius 1 is 0.810 bits per heavy atom. The summed E-state index contributed by atoms with van der Waals surface area (Å²) in [6.45, 7) is 2.89. The van der Waals surface area contributed by atoms with Crippen molar-refractivity contribution in [2.24, 2.45) is 0 Å². The molecule has 0 atom stereocenters. The van der Waals surface area contributed by atoms with Crippen molar-refractivity contribution < 1.29 is 14.6 Å². The Morgan fingerprint density at radius 3 is 1.67 bits per heavy atom. The highest BCUT2D eigenvalue weighted by atomic mass is 16.5. The molecule has 1 N–H and O–H groups in total. The smallest absolute Gasteiger partial charge is 0.324 e. The summed E-state index contributed by atoms with van der Waals surface area (Å²) < 4.78 is 5.42. The maximum Gasteiger partial charge on any atom is 0.324 e. The van der Waals surface area contributed by atoms with Crippen LogP contribution in [-0.4, -0.2) is 47.8 Å². The first-order valence-corrected chi connectivity index (χ1v) is 8.82. The second-order valence-electron chi connectivity index (χ2n) is 6.62. The monoisotopic (exact) mass is 297 g/mol. The molecule has 122 valence electrons. The van der Waals surface area contributed by atoms with Crippen molar-refractivity contribution >= 4 is 5.97 Å². The third-order valence-electron chi connectivity index (χ3n) is 5.20. The quantitative estimate of drug-likeness (QED) is 0.848. The van der Waals surface area contributed by atoms with Gasteiger partial charge in [-0.05, 0) is 12.8 Å². The third kappa shape index (κ3) is 4.68. The number of carboxylic acid groups (broad SMARTS) is 1. The lowest BCUT2D eigenvalue weighted by Crippen LogP contribution is -2.58. The number of rotatable bonds is 2. The molecule has 4 nitrogen and oxygen atoms in total. The molecule has 2 aliphatic rings. The molecule has 0 aromatic rings. The van der Waals surface area contributed by atoms with E-state index in [1.54, 1.807) is 0 Å². The second-order valence-corrected chi connectivity index (χ2v) is 6.62. The molecule has 0 unspecified atom stereocenters. The Bertz CT molecular complexity index is 301. The fourth-order valence-electron chi connectivity index (χ4n) is 3.85. The molecule has 2 fully saturated rings. The maximum atomic E-state index is 12.1. The molecule has 4 heteroatoms. The van der Waals surface area contributed by atoms with Gasteiger partial charge in [0.15, 0.2) is 0 Å². The average Bonchev–Trinajstić information content (AvgIpc) is 2.49. The van der Waals surface area contributed by atoms with Crippen molar-refractivity contribution in [2.75, 3.05) is 26.3 Å². The Kier molecular flexibility index (Phi) is 6.97. The van der Waals surface area contributed by atoms with Crippen molar-refractivity contribution in [2.45, 2.75) is 76.2 Å². The molecular weight excluding hydrogens is 266 g/mol. The van der Waals surface area contributed by atoms with Crippen molar-refractivity contribution in [1.82, 2.24) is 4.90 Å². The lowest BCUT2D eigenvalue weighted by Gasteiger charge is -2.43. The van der Waals surface area contributed by atoms with Crippen LogP contribution in [0.1, 0.15) is 70.6 Å². The minimum atomic E-state index is -0.636. The van der Waals surface area contributed by atoms with Gasteiger partial charge < -0.3 is 9.84 Å². The van der Waals surface area contributed by atoms with Gasteiger partial charge in [0.05, 0.1) is 13.2 Å². The van der Waals surface area contributed by atoms with E-state index in [0.717, 1.165) is 38.8 Å². The number of aliphatic carboxylic acids is 1. The van der Waals surface area contributed by atoms with Crippen LogP contribution in [0.15, 0.2) is 0 Å². The highest BCUT2D eigenvalue weighted by molar-refractivity contribution is 5.78. The zero-order valence-electron chi connectivity index (χ0n) is 13.3. The summed E-state index contributed by atoms with van der Waals surface area (Å²) in [6, 6.07) is 0. The van der Waals surface area contributed by atoms with E-state index in [1.807, 2.05) is 0 Å². The molecule has 1 aliphatic carbocycles. The van der Waals surface area contributed by atoms with Gasteiger partial charge >= 0.3 is 5.97 Å². The molecule has 1 aliphatic heterocycles. The van der Waals surface area contributed by atoms with Gasteiger partial charge in [0, 0.05) is 13.1 Å². The number of hydrogen-bond acceptors (Lipinski definition) is 3. The van der Waals surface area contributed by atoms with Crippen molar-refractivity contribution in [1.29, 1.82) is 0 Å². The first-order valence-electron chi connectivity index (χ1n) is 8.82. The van der Waals surface area contributed by atoms with E-state index >= 15 is 0 Å². The van der Waals surface area contributed by atoms with E-state index in [1.165, 1.54) is 44.9 Å². The highest BCUT2D eigenvalue weighted by Gasteiger charge is 2.43. The summed E-state index contributed by atoms with van der Waals surface area (Å²) in [7, 11) is 0. The summed E-state index contributed by atoms with van der Waals surface area (Å²) in [4.78, 5) is 14.3. The fraction of sp³-hybridized carbons (Fsp3) is 0.941. The minimum absolute atomic E-state index is 0.610. The first kappa shape index (κ1) is 16.8. The van der Waals surface area contributed by atoms with Crippen LogP contribution in [0.4, 0.5) is 0 Å². The van der Waals surface area contributed by atoms with Crippen molar-refractivity contribution in [3.05, 3.63) is 0 Å². The molecule has 1 saturated heterocycles. The summed E-state index contributed by atoms with van der Waals surface area (Å²) in [5.41, 5.74) is -0.636. The summed E-state index contributed by atoms with van der Waals surface area (Å²) >= 11 is 0. The van der Waals surface area contributed by atoms with Crippen LogP contribution in [-0.2, 0) is 9.53 Å². The number of nitrogens with zero attached hydrogens (tertiary/aromatic N) is 1. The zero-order chi connectivity index (χ0) is 15.0. The third-order valence-corrected chi connectivity index (χ3v) is 5.20. The molecule has 0 spiro atoms. The van der Waals surface area contributed by atoms with Crippen LogP contribution in [0.5, 0.6) is 0 Å². The van der Waals surface area contributed by atoms with E-state index in [2.05, 4.69) is 4.90 Å². The van der Waals surface area contributed by atoms with E-state index < -0.39 is 11.5 Å². The van der Waals surface area contributed by atoms with Crippen molar-refractivity contribution in [3.8, 4) is 0 Å².